The third kappa shape index (κ3) is 6.55. The third-order valence-electron chi connectivity index (χ3n) is 8.21. The molecule has 4 atom stereocenters. The van der Waals surface area contributed by atoms with Crippen LogP contribution in [0.1, 0.15) is 44.4 Å². The average Bonchev–Trinajstić information content (AvgIpc) is 3.62. The van der Waals surface area contributed by atoms with Gasteiger partial charge in [-0.3, -0.25) is 14.6 Å². The van der Waals surface area contributed by atoms with Crippen molar-refractivity contribution in [1.82, 2.24) is 20.7 Å². The Bertz CT molecular complexity index is 1490. The number of piperidine rings is 1. The van der Waals surface area contributed by atoms with Gasteiger partial charge in [0.25, 0.3) is 17.9 Å². The number of nitrogens with zero attached hydrogens (tertiary/aromatic N) is 4. The first-order chi connectivity index (χ1) is 21.5. The predicted octanol–water partition coefficient (Wildman–Crippen LogP) is 0.984. The van der Waals surface area contributed by atoms with Crippen LogP contribution in [0.4, 0.5) is 5.13 Å². The van der Waals surface area contributed by atoms with Crippen LogP contribution >= 0.6 is 23.7 Å². The van der Waals surface area contributed by atoms with Crippen LogP contribution in [0.25, 0.3) is 0 Å². The van der Waals surface area contributed by atoms with Gasteiger partial charge in [-0.05, 0) is 63.9 Å². The Balaban J connectivity index is 1.23. The molecule has 1 aromatic carbocycles. The van der Waals surface area contributed by atoms with Gasteiger partial charge in [-0.2, -0.15) is 9.35 Å². The molecule has 1 aliphatic carbocycles. The molecule has 2 saturated heterocycles. The van der Waals surface area contributed by atoms with Crippen molar-refractivity contribution in [3.05, 3.63) is 40.9 Å². The van der Waals surface area contributed by atoms with E-state index in [1.807, 2.05) is 0 Å². The fraction of sp³-hybridized carbons (Fsp3) is 0.481. The summed E-state index contributed by atoms with van der Waals surface area (Å²) in [6.07, 6.45) is 0.740. The Labute approximate surface area is 266 Å². The summed E-state index contributed by atoms with van der Waals surface area (Å²) in [5, 5.41) is 22.3. The number of carbonyl (C=O) groups excluding carboxylic acids is 2. The molecule has 2 amide bonds. The Kier molecular flexibility index (Phi) is 9.49. The van der Waals surface area contributed by atoms with Gasteiger partial charge < -0.3 is 41.3 Å². The average molecular weight is 663 g/mol. The molecular formula is C27H34N8O8S2. The van der Waals surface area contributed by atoms with Crippen LogP contribution in [0.2, 0.25) is 0 Å². The standard InChI is InChI=1S/C27H34N8O8S2/c1-26(2)27(24(39)35(26)43-45-40)10-19(27)33-22(36)20(17-13-44-25(29)32-17)34-42-18(23(37)38)12-41-16-7-5-14(6-8-16)21(28)31-15-4-3-9-30-11-15/h5-8,13,15,18-19,30,40H,3-4,9-12H2,1-2H3,(H2,28,31)(H2,29,32)(H,33,36)(H,37,38)/b34-20-/t15-,18+,19-,27?/m1/s1. The van der Waals surface area contributed by atoms with E-state index in [4.69, 9.17) is 29.9 Å². The van der Waals surface area contributed by atoms with E-state index in [2.05, 4.69) is 25.8 Å². The fourth-order valence-electron chi connectivity index (χ4n) is 5.53. The zero-order chi connectivity index (χ0) is 32.4. The minimum atomic E-state index is -1.59. The second-order valence-electron chi connectivity index (χ2n) is 11.3. The Morgan fingerprint density at radius 1 is 1.33 bits per heavy atom. The van der Waals surface area contributed by atoms with Gasteiger partial charge in [0, 0.05) is 23.5 Å². The van der Waals surface area contributed by atoms with Crippen molar-refractivity contribution >= 4 is 58.1 Å². The molecule has 242 valence electrons. The molecule has 8 N–H and O–H groups in total. The predicted molar refractivity (Wildman–Crippen MR) is 165 cm³/mol. The monoisotopic (exact) mass is 662 g/mol. The summed E-state index contributed by atoms with van der Waals surface area (Å²) < 4.78 is 19.6. The second kappa shape index (κ2) is 13.2. The highest BCUT2D eigenvalue weighted by molar-refractivity contribution is 7.88. The summed E-state index contributed by atoms with van der Waals surface area (Å²) in [7, 11) is 0. The zero-order valence-electron chi connectivity index (χ0n) is 24.5. The Morgan fingerprint density at radius 2 is 2.09 bits per heavy atom. The molecule has 0 radical (unpaired) electrons. The lowest BCUT2D eigenvalue weighted by atomic mass is 9.74. The largest absolute Gasteiger partial charge is 0.489 e. The molecule has 3 heterocycles. The molecule has 1 aromatic heterocycles. The zero-order valence-corrected chi connectivity index (χ0v) is 26.1. The molecule has 3 aliphatic rings. The van der Waals surface area contributed by atoms with Gasteiger partial charge in [0.2, 0.25) is 0 Å². The van der Waals surface area contributed by atoms with Crippen LogP contribution in [-0.2, 0) is 23.5 Å². The number of nitrogen functional groups attached to an aromatic ring is 1. The highest BCUT2D eigenvalue weighted by Crippen LogP contribution is 2.65. The van der Waals surface area contributed by atoms with Gasteiger partial charge >= 0.3 is 5.97 Å². The molecule has 18 heteroatoms. The number of carbonyl (C=O) groups is 3. The lowest BCUT2D eigenvalue weighted by Gasteiger charge is -2.52. The fourth-order valence-corrected chi connectivity index (χ4v) is 6.40. The summed E-state index contributed by atoms with van der Waals surface area (Å²) in [6.45, 7) is 4.81. The number of nitrogens with one attached hydrogen (secondary N) is 2. The number of nitrogens with two attached hydrogens (primary N) is 2. The van der Waals surface area contributed by atoms with Crippen LogP contribution in [0.3, 0.4) is 0 Å². The van der Waals surface area contributed by atoms with Crippen molar-refractivity contribution in [2.24, 2.45) is 21.3 Å². The lowest BCUT2D eigenvalue weighted by molar-refractivity contribution is -0.231. The number of carboxylic acids is 1. The number of anilines is 1. The number of aliphatic carboxylic acids is 1. The van der Waals surface area contributed by atoms with E-state index in [0.717, 1.165) is 42.3 Å². The highest BCUT2D eigenvalue weighted by Gasteiger charge is 2.80. The number of β-lactam (4-membered cyclic amide) rings is 1. The lowest BCUT2D eigenvalue weighted by Crippen LogP contribution is -2.71. The molecule has 1 spiro atoms. The number of ether oxygens (including phenoxy) is 1. The number of benzene rings is 1. The van der Waals surface area contributed by atoms with E-state index in [1.165, 1.54) is 5.38 Å². The second-order valence-corrected chi connectivity index (χ2v) is 12.5. The van der Waals surface area contributed by atoms with E-state index in [1.54, 1.807) is 38.1 Å². The maximum absolute atomic E-state index is 13.3. The summed E-state index contributed by atoms with van der Waals surface area (Å²) in [4.78, 5) is 52.0. The van der Waals surface area contributed by atoms with Gasteiger partial charge in [0.1, 0.15) is 23.9 Å². The Morgan fingerprint density at radius 3 is 2.69 bits per heavy atom. The first-order valence-electron chi connectivity index (χ1n) is 14.1. The molecule has 1 unspecified atom stereocenters. The van der Waals surface area contributed by atoms with E-state index < -0.39 is 41.6 Å². The normalized spacial score (nSPS) is 25.0. The van der Waals surface area contributed by atoms with Gasteiger partial charge in [-0.25, -0.2) is 9.78 Å². The first kappa shape index (κ1) is 32.4. The highest BCUT2D eigenvalue weighted by atomic mass is 32.2. The maximum atomic E-state index is 13.3. The topological polar surface area (TPSA) is 236 Å². The van der Waals surface area contributed by atoms with Crippen LogP contribution < -0.4 is 26.8 Å². The van der Waals surface area contributed by atoms with Crippen LogP contribution in [0, 0.1) is 5.41 Å². The van der Waals surface area contributed by atoms with Crippen molar-refractivity contribution < 1.29 is 37.9 Å². The molecule has 16 nitrogen and oxygen atoms in total. The molecular weight excluding hydrogens is 628 g/mol. The number of hydrogen-bond donors (Lipinski definition) is 6. The first-order valence-corrected chi connectivity index (χ1v) is 15.6. The number of hydrogen-bond acceptors (Lipinski definition) is 14. The smallest absolute Gasteiger partial charge is 0.351 e. The molecule has 45 heavy (non-hydrogen) atoms. The molecule has 1 saturated carbocycles. The maximum Gasteiger partial charge on any atom is 0.351 e. The van der Waals surface area contributed by atoms with E-state index in [0.29, 0.717) is 23.6 Å². The molecule has 3 fully saturated rings. The van der Waals surface area contributed by atoms with E-state index in [-0.39, 0.29) is 40.8 Å². The van der Waals surface area contributed by atoms with E-state index in [9.17, 15) is 19.5 Å². The number of aromatic nitrogens is 1. The van der Waals surface area contributed by atoms with Crippen molar-refractivity contribution in [3.63, 3.8) is 0 Å². The summed E-state index contributed by atoms with van der Waals surface area (Å²) in [5.41, 5.74) is 10.6. The number of hydroxylamine groups is 2. The van der Waals surface area contributed by atoms with Crippen LogP contribution in [0.15, 0.2) is 39.8 Å². The number of rotatable bonds is 13. The number of aliphatic imine (C=N–C) groups is 1. The molecule has 2 aliphatic heterocycles. The number of carboxylic acid groups (broad SMARTS) is 1. The third-order valence-corrected chi connectivity index (χ3v) is 9.10. The van der Waals surface area contributed by atoms with Gasteiger partial charge in [-0.1, -0.05) is 5.16 Å². The molecule has 0 bridgehead atoms. The van der Waals surface area contributed by atoms with Gasteiger partial charge in [0.05, 0.1) is 17.0 Å². The van der Waals surface area contributed by atoms with Crippen molar-refractivity contribution in [3.8, 4) is 5.75 Å². The quantitative estimate of drug-likeness (QED) is 0.0578. The number of thiazole rings is 1. The summed E-state index contributed by atoms with van der Waals surface area (Å²) >= 11 is 1.11. The minimum absolute atomic E-state index is 0.0543. The van der Waals surface area contributed by atoms with Crippen molar-refractivity contribution in [1.29, 1.82) is 0 Å². The number of amides is 2. The van der Waals surface area contributed by atoms with Crippen LogP contribution in [0.5, 0.6) is 5.75 Å². The Hall–Kier alpha value is -3.97. The van der Waals surface area contributed by atoms with Crippen molar-refractivity contribution in [2.45, 2.75) is 56.8 Å². The van der Waals surface area contributed by atoms with Crippen molar-refractivity contribution in [2.75, 3.05) is 25.4 Å². The SMILES string of the molecule is CC1(C)N(OSO)C(=O)C12C[C@H]2NC(=O)/C(=N\O[C@@H](COc1ccc(C(N)=N[C@@H]2CCCNC2)cc1)C(=O)O)c1csc(N)n1. The summed E-state index contributed by atoms with van der Waals surface area (Å²) in [5.74, 6) is -1.75. The summed E-state index contributed by atoms with van der Waals surface area (Å²) in [6, 6.07) is 6.26. The molecule has 2 aromatic rings. The van der Waals surface area contributed by atoms with Gasteiger partial charge in [0.15, 0.2) is 23.2 Å². The van der Waals surface area contributed by atoms with E-state index >= 15 is 0 Å². The minimum Gasteiger partial charge on any atom is -0.489 e. The van der Waals surface area contributed by atoms with Crippen LogP contribution in [-0.4, -0.2) is 92.5 Å². The molecule has 5 rings (SSSR count). The van der Waals surface area contributed by atoms with Gasteiger partial charge in [-0.15, -0.1) is 11.3 Å². The number of oxime groups is 1. The number of amidine groups is 1.